The Balaban J connectivity index is 1.64. The van der Waals surface area contributed by atoms with Crippen LogP contribution < -0.4 is 16.0 Å². The molecule has 0 amide bonds. The highest BCUT2D eigenvalue weighted by Gasteiger charge is 2.23. The minimum absolute atomic E-state index is 0.207. The number of likely N-dealkylation sites (tertiary alicyclic amines) is 1. The summed E-state index contributed by atoms with van der Waals surface area (Å²) < 4.78 is 7.22. The molecule has 1 fully saturated rings. The molecule has 0 saturated carbocycles. The van der Waals surface area contributed by atoms with Crippen LogP contribution in [-0.4, -0.2) is 47.6 Å². The third-order valence-corrected chi connectivity index (χ3v) is 5.33. The number of hydrogen-bond donors (Lipinski definition) is 1. The molecule has 1 aliphatic rings. The molecule has 0 bridgehead atoms. The number of pyridine rings is 1. The Bertz CT molecular complexity index is 976. The van der Waals surface area contributed by atoms with Gasteiger partial charge in [-0.25, -0.2) is 0 Å². The van der Waals surface area contributed by atoms with Crippen LogP contribution in [-0.2, 0) is 6.61 Å². The molecule has 1 aromatic carbocycles. The fraction of sp³-hybridized carbons (Fsp3) is 0.292. The molecule has 2 heterocycles. The van der Waals surface area contributed by atoms with Crippen molar-refractivity contribution in [3.63, 3.8) is 0 Å². The first-order valence-electron chi connectivity index (χ1n) is 10.1. The molecular formula is C24H30N4O2. The Hall–Kier alpha value is -3.25. The number of hydrogen-bond acceptors (Lipinski definition) is 5. The number of nitrogens with zero attached hydrogens (tertiary/aromatic N) is 3. The predicted molar refractivity (Wildman–Crippen MR) is 122 cm³/mol. The summed E-state index contributed by atoms with van der Waals surface area (Å²) in [4.78, 5) is 17.1. The van der Waals surface area contributed by atoms with Crippen molar-refractivity contribution >= 4 is 5.70 Å². The Labute approximate surface area is 178 Å². The highest BCUT2D eigenvalue weighted by atomic mass is 16.5. The maximum absolute atomic E-state index is 12.6. The first kappa shape index (κ1) is 21.5. The van der Waals surface area contributed by atoms with E-state index in [1.165, 1.54) is 16.8 Å². The van der Waals surface area contributed by atoms with Gasteiger partial charge in [0.15, 0.2) is 0 Å². The molecule has 1 saturated heterocycles. The van der Waals surface area contributed by atoms with Crippen molar-refractivity contribution in [1.82, 2.24) is 14.4 Å². The third-order valence-electron chi connectivity index (χ3n) is 5.33. The Kier molecular flexibility index (Phi) is 7.14. The van der Waals surface area contributed by atoms with E-state index in [9.17, 15) is 4.79 Å². The van der Waals surface area contributed by atoms with Gasteiger partial charge >= 0.3 is 0 Å². The van der Waals surface area contributed by atoms with Gasteiger partial charge in [-0.05, 0) is 44.3 Å². The summed E-state index contributed by atoms with van der Waals surface area (Å²) in [5.74, 6) is 0.525. The normalized spacial score (nSPS) is 17.1. The number of rotatable bonds is 8. The molecule has 6 heteroatoms. The van der Waals surface area contributed by atoms with E-state index >= 15 is 0 Å². The summed E-state index contributed by atoms with van der Waals surface area (Å²) in [6.07, 6.45) is 7.93. The van der Waals surface area contributed by atoms with Gasteiger partial charge in [-0.15, -0.1) is 0 Å². The lowest BCUT2D eigenvalue weighted by atomic mass is 10.2. The van der Waals surface area contributed by atoms with Gasteiger partial charge in [0.2, 0.25) is 0 Å². The molecule has 1 aromatic heterocycles. The predicted octanol–water partition coefficient (Wildman–Crippen LogP) is 2.89. The first-order chi connectivity index (χ1) is 14.5. The summed E-state index contributed by atoms with van der Waals surface area (Å²) in [5, 5.41) is 0. The molecule has 0 radical (unpaired) electrons. The van der Waals surface area contributed by atoms with Gasteiger partial charge in [-0.3, -0.25) is 9.36 Å². The molecule has 2 N–H and O–H groups in total. The molecule has 1 atom stereocenters. The van der Waals surface area contributed by atoms with Crippen molar-refractivity contribution in [2.45, 2.75) is 19.1 Å². The van der Waals surface area contributed by atoms with Gasteiger partial charge in [-0.1, -0.05) is 36.9 Å². The van der Waals surface area contributed by atoms with Crippen LogP contribution in [0.2, 0.25) is 0 Å². The van der Waals surface area contributed by atoms with Crippen molar-refractivity contribution in [1.29, 1.82) is 0 Å². The van der Waals surface area contributed by atoms with Gasteiger partial charge in [0.05, 0.1) is 5.70 Å². The summed E-state index contributed by atoms with van der Waals surface area (Å²) in [6, 6.07) is 13.6. The highest BCUT2D eigenvalue weighted by molar-refractivity contribution is 5.57. The average molecular weight is 407 g/mol. The Morgan fingerprint density at radius 3 is 2.67 bits per heavy atom. The van der Waals surface area contributed by atoms with Crippen LogP contribution >= 0.6 is 0 Å². The zero-order valence-electron chi connectivity index (χ0n) is 17.7. The molecule has 30 heavy (non-hydrogen) atoms. The molecule has 0 spiro atoms. The van der Waals surface area contributed by atoms with E-state index in [1.807, 2.05) is 42.5 Å². The second-order valence-corrected chi connectivity index (χ2v) is 7.61. The molecule has 1 unspecified atom stereocenters. The van der Waals surface area contributed by atoms with E-state index in [-0.39, 0.29) is 5.56 Å². The van der Waals surface area contributed by atoms with E-state index in [0.717, 1.165) is 30.8 Å². The second-order valence-electron chi connectivity index (χ2n) is 7.61. The lowest BCUT2D eigenvalue weighted by molar-refractivity contribution is 0.293. The first-order valence-corrected chi connectivity index (χ1v) is 10.1. The Morgan fingerprint density at radius 1 is 1.27 bits per heavy atom. The maximum atomic E-state index is 12.6. The fourth-order valence-corrected chi connectivity index (χ4v) is 3.43. The van der Waals surface area contributed by atoms with Crippen molar-refractivity contribution in [3.05, 3.63) is 95.2 Å². The standard InChI is InChI=1S/C24H30N4O2/c1-19(27-13-11-22(17-27)26(2)3)9-10-21(16-25)28-14-12-23(15-24(28)29)30-18-20-7-5-4-6-8-20/h4-10,12,14-16,22H,1,11,13,17-18,25H2,2-3H3/b10-9-,21-16+. The van der Waals surface area contributed by atoms with Crippen LogP contribution in [0, 0.1) is 0 Å². The van der Waals surface area contributed by atoms with E-state index in [0.29, 0.717) is 24.1 Å². The van der Waals surface area contributed by atoms with Gasteiger partial charge in [-0.2, -0.15) is 0 Å². The van der Waals surface area contributed by atoms with Crippen LogP contribution in [0.1, 0.15) is 12.0 Å². The number of nitrogens with two attached hydrogens (primary N) is 1. The van der Waals surface area contributed by atoms with Crippen LogP contribution in [0.5, 0.6) is 5.75 Å². The molecule has 1 aliphatic heterocycles. The number of likely N-dealkylation sites (N-methyl/N-ethyl adjacent to an activating group) is 1. The van der Waals surface area contributed by atoms with Crippen LogP contribution in [0.25, 0.3) is 5.70 Å². The van der Waals surface area contributed by atoms with Gasteiger partial charge < -0.3 is 20.3 Å². The van der Waals surface area contributed by atoms with Crippen LogP contribution in [0.3, 0.4) is 0 Å². The summed E-state index contributed by atoms with van der Waals surface area (Å²) in [6.45, 7) is 6.50. The Morgan fingerprint density at radius 2 is 2.03 bits per heavy atom. The topological polar surface area (TPSA) is 63.7 Å². The quantitative estimate of drug-likeness (QED) is 0.683. The van der Waals surface area contributed by atoms with Gasteiger partial charge in [0.25, 0.3) is 5.56 Å². The van der Waals surface area contributed by atoms with Gasteiger partial charge in [0.1, 0.15) is 12.4 Å². The SMILES string of the molecule is C=C(/C=C\C(=C/N)n1ccc(OCc2ccccc2)cc1=O)N1CCC(N(C)C)C1. The minimum Gasteiger partial charge on any atom is -0.489 e. The second kappa shape index (κ2) is 9.98. The summed E-state index contributed by atoms with van der Waals surface area (Å²) in [7, 11) is 4.20. The van der Waals surface area contributed by atoms with E-state index < -0.39 is 0 Å². The zero-order chi connectivity index (χ0) is 21.5. The zero-order valence-corrected chi connectivity index (χ0v) is 17.7. The molecule has 158 valence electrons. The smallest absolute Gasteiger partial charge is 0.258 e. The van der Waals surface area contributed by atoms with E-state index in [2.05, 4.69) is 30.5 Å². The highest BCUT2D eigenvalue weighted by Crippen LogP contribution is 2.19. The minimum atomic E-state index is -0.207. The fourth-order valence-electron chi connectivity index (χ4n) is 3.43. The van der Waals surface area contributed by atoms with Crippen LogP contribution in [0.15, 0.2) is 84.1 Å². The molecular weight excluding hydrogens is 376 g/mol. The summed E-state index contributed by atoms with van der Waals surface area (Å²) >= 11 is 0. The van der Waals surface area contributed by atoms with E-state index in [1.54, 1.807) is 12.3 Å². The molecule has 2 aromatic rings. The van der Waals surface area contributed by atoms with Crippen molar-refractivity contribution < 1.29 is 4.74 Å². The maximum Gasteiger partial charge on any atom is 0.258 e. The van der Waals surface area contributed by atoms with Crippen LogP contribution in [0.4, 0.5) is 0 Å². The number of allylic oxidation sites excluding steroid dienone is 3. The van der Waals surface area contributed by atoms with Gasteiger partial charge in [0, 0.05) is 43.3 Å². The number of ether oxygens (including phenoxy) is 1. The lowest BCUT2D eigenvalue weighted by Gasteiger charge is -2.22. The lowest BCUT2D eigenvalue weighted by Crippen LogP contribution is -2.30. The molecule has 6 nitrogen and oxygen atoms in total. The monoisotopic (exact) mass is 406 g/mol. The summed E-state index contributed by atoms with van der Waals surface area (Å²) in [5.41, 5.74) is 8.13. The third kappa shape index (κ3) is 5.42. The van der Waals surface area contributed by atoms with E-state index in [4.69, 9.17) is 10.5 Å². The van der Waals surface area contributed by atoms with Crippen molar-refractivity contribution in [3.8, 4) is 5.75 Å². The van der Waals surface area contributed by atoms with Crippen molar-refractivity contribution in [2.75, 3.05) is 27.2 Å². The largest absolute Gasteiger partial charge is 0.489 e. The van der Waals surface area contributed by atoms with Crippen molar-refractivity contribution in [2.24, 2.45) is 5.73 Å². The average Bonchev–Trinajstić information content (AvgIpc) is 3.25. The number of benzene rings is 1. The molecule has 0 aliphatic carbocycles. The molecule has 3 rings (SSSR count). The number of aromatic nitrogens is 1.